The molecule has 0 radical (unpaired) electrons. The Labute approximate surface area is 190 Å². The highest BCUT2D eigenvalue weighted by Crippen LogP contribution is 2.24. The zero-order chi connectivity index (χ0) is 21.9. The Hall–Kier alpha value is -2.60. The third-order valence-corrected chi connectivity index (χ3v) is 5.33. The van der Waals surface area contributed by atoms with E-state index in [9.17, 15) is 0 Å². The standard InChI is InChI=1S/C24H33ClN6/c1-3-4-5-6-14-29-24-30-18(2)16-23(31-24)28-13-8-7-12-26-21-11-15-27-22-17-19(25)9-10-20(21)22/h9-11,15-17H,3-8,12-14H2,1-2H3,(H,26,27)(H2,28,29,30,31). The van der Waals surface area contributed by atoms with Crippen LogP contribution in [-0.4, -0.2) is 34.6 Å². The molecule has 7 heteroatoms. The molecule has 0 aliphatic carbocycles. The van der Waals surface area contributed by atoms with E-state index < -0.39 is 0 Å². The molecular weight excluding hydrogens is 408 g/mol. The molecule has 3 aromatic rings. The van der Waals surface area contributed by atoms with Gasteiger partial charge in [-0.3, -0.25) is 4.98 Å². The maximum atomic E-state index is 6.07. The summed E-state index contributed by atoms with van der Waals surface area (Å²) in [5.41, 5.74) is 2.98. The van der Waals surface area contributed by atoms with Gasteiger partial charge in [-0.05, 0) is 50.5 Å². The number of anilines is 3. The van der Waals surface area contributed by atoms with Gasteiger partial charge < -0.3 is 16.0 Å². The summed E-state index contributed by atoms with van der Waals surface area (Å²) in [5.74, 6) is 1.60. The number of nitrogens with one attached hydrogen (secondary N) is 3. The van der Waals surface area contributed by atoms with Gasteiger partial charge in [0.25, 0.3) is 0 Å². The molecule has 0 saturated heterocycles. The fourth-order valence-electron chi connectivity index (χ4n) is 3.46. The van der Waals surface area contributed by atoms with E-state index in [0.29, 0.717) is 11.0 Å². The molecule has 6 nitrogen and oxygen atoms in total. The molecule has 0 unspecified atom stereocenters. The topological polar surface area (TPSA) is 74.8 Å². The molecule has 2 aromatic heterocycles. The fraction of sp³-hybridized carbons (Fsp3) is 0.458. The van der Waals surface area contributed by atoms with Gasteiger partial charge in [-0.15, -0.1) is 0 Å². The summed E-state index contributed by atoms with van der Waals surface area (Å²) in [6.45, 7) is 6.93. The van der Waals surface area contributed by atoms with Gasteiger partial charge >= 0.3 is 0 Å². The second-order valence-electron chi connectivity index (χ2n) is 7.79. The first-order valence-electron chi connectivity index (χ1n) is 11.3. The Morgan fingerprint density at radius 1 is 0.839 bits per heavy atom. The molecule has 0 amide bonds. The van der Waals surface area contributed by atoms with Crippen LogP contribution in [0.3, 0.4) is 0 Å². The molecule has 0 bridgehead atoms. The van der Waals surface area contributed by atoms with Gasteiger partial charge in [0, 0.05) is 53.7 Å². The summed E-state index contributed by atoms with van der Waals surface area (Å²) in [6, 6.07) is 9.81. The average Bonchev–Trinajstić information content (AvgIpc) is 2.75. The van der Waals surface area contributed by atoms with Crippen molar-refractivity contribution >= 4 is 40.0 Å². The molecule has 166 valence electrons. The SMILES string of the molecule is CCCCCCNc1nc(C)cc(NCCCCNc2ccnc3cc(Cl)ccc23)n1. The van der Waals surface area contributed by atoms with E-state index in [1.807, 2.05) is 43.5 Å². The number of benzene rings is 1. The zero-order valence-corrected chi connectivity index (χ0v) is 19.3. The molecular formula is C24H33ClN6. The van der Waals surface area contributed by atoms with Gasteiger partial charge in [0.1, 0.15) is 5.82 Å². The summed E-state index contributed by atoms with van der Waals surface area (Å²) in [7, 11) is 0. The van der Waals surface area contributed by atoms with Gasteiger partial charge in [0.15, 0.2) is 0 Å². The molecule has 31 heavy (non-hydrogen) atoms. The minimum atomic E-state index is 0.707. The molecule has 0 saturated carbocycles. The largest absolute Gasteiger partial charge is 0.384 e. The van der Waals surface area contributed by atoms with Gasteiger partial charge in [0.2, 0.25) is 5.95 Å². The number of rotatable bonds is 13. The number of nitrogens with zero attached hydrogens (tertiary/aromatic N) is 3. The predicted molar refractivity (Wildman–Crippen MR) is 132 cm³/mol. The Balaban J connectivity index is 1.39. The predicted octanol–water partition coefficient (Wildman–Crippen LogP) is 6.28. The van der Waals surface area contributed by atoms with Crippen molar-refractivity contribution < 1.29 is 0 Å². The van der Waals surface area contributed by atoms with Crippen molar-refractivity contribution in [1.29, 1.82) is 0 Å². The first-order chi connectivity index (χ1) is 15.2. The van der Waals surface area contributed by atoms with Crippen LogP contribution in [0.15, 0.2) is 36.5 Å². The number of hydrogen-bond donors (Lipinski definition) is 3. The first-order valence-corrected chi connectivity index (χ1v) is 11.6. The number of halogens is 1. The molecule has 0 aliphatic heterocycles. The monoisotopic (exact) mass is 440 g/mol. The first kappa shape index (κ1) is 23.1. The molecule has 1 aromatic carbocycles. The summed E-state index contributed by atoms with van der Waals surface area (Å²) in [4.78, 5) is 13.5. The van der Waals surface area contributed by atoms with E-state index in [1.54, 1.807) is 0 Å². The summed E-state index contributed by atoms with van der Waals surface area (Å²) in [5, 5.41) is 12.1. The number of hydrogen-bond acceptors (Lipinski definition) is 6. The van der Waals surface area contributed by atoms with Crippen molar-refractivity contribution in [3.63, 3.8) is 0 Å². The Bertz CT molecular complexity index is 962. The van der Waals surface area contributed by atoms with Crippen molar-refractivity contribution in [3.05, 3.63) is 47.2 Å². The zero-order valence-electron chi connectivity index (χ0n) is 18.5. The third kappa shape index (κ3) is 7.55. The van der Waals surface area contributed by atoms with Gasteiger partial charge in [-0.25, -0.2) is 4.98 Å². The van der Waals surface area contributed by atoms with Crippen LogP contribution in [0, 0.1) is 6.92 Å². The molecule has 2 heterocycles. The number of aromatic nitrogens is 3. The van der Waals surface area contributed by atoms with Crippen LogP contribution in [0.25, 0.3) is 10.9 Å². The van der Waals surface area contributed by atoms with Crippen LogP contribution >= 0.6 is 11.6 Å². The lowest BCUT2D eigenvalue weighted by Gasteiger charge is -2.11. The fourth-order valence-corrected chi connectivity index (χ4v) is 3.62. The summed E-state index contributed by atoms with van der Waals surface area (Å²) in [6.07, 6.45) is 8.84. The van der Waals surface area contributed by atoms with Crippen LogP contribution in [0.4, 0.5) is 17.5 Å². The lowest BCUT2D eigenvalue weighted by Crippen LogP contribution is -2.10. The molecule has 0 spiro atoms. The highest BCUT2D eigenvalue weighted by Gasteiger charge is 2.04. The maximum Gasteiger partial charge on any atom is 0.224 e. The quantitative estimate of drug-likeness (QED) is 0.271. The van der Waals surface area contributed by atoms with Crippen molar-refractivity contribution in [1.82, 2.24) is 15.0 Å². The van der Waals surface area contributed by atoms with Crippen LogP contribution in [0.1, 0.15) is 51.1 Å². The van der Waals surface area contributed by atoms with Crippen LogP contribution in [0.5, 0.6) is 0 Å². The van der Waals surface area contributed by atoms with Gasteiger partial charge in [-0.2, -0.15) is 4.98 Å². The van der Waals surface area contributed by atoms with E-state index in [2.05, 4.69) is 37.8 Å². The van der Waals surface area contributed by atoms with Crippen molar-refractivity contribution in [2.24, 2.45) is 0 Å². The van der Waals surface area contributed by atoms with Crippen LogP contribution in [-0.2, 0) is 0 Å². The average molecular weight is 441 g/mol. The Morgan fingerprint density at radius 2 is 1.61 bits per heavy atom. The molecule has 0 aliphatic rings. The second-order valence-corrected chi connectivity index (χ2v) is 8.22. The number of aryl methyl sites for hydroxylation is 1. The summed E-state index contributed by atoms with van der Waals surface area (Å²) < 4.78 is 0. The summed E-state index contributed by atoms with van der Waals surface area (Å²) >= 11 is 6.07. The third-order valence-electron chi connectivity index (χ3n) is 5.10. The Morgan fingerprint density at radius 3 is 2.45 bits per heavy atom. The van der Waals surface area contributed by atoms with Crippen LogP contribution < -0.4 is 16.0 Å². The van der Waals surface area contributed by atoms with Gasteiger partial charge in [0.05, 0.1) is 5.52 Å². The van der Waals surface area contributed by atoms with E-state index in [1.165, 1.54) is 19.3 Å². The number of unbranched alkanes of at least 4 members (excludes halogenated alkanes) is 4. The van der Waals surface area contributed by atoms with Crippen molar-refractivity contribution in [2.45, 2.75) is 52.4 Å². The minimum Gasteiger partial charge on any atom is -0.384 e. The minimum absolute atomic E-state index is 0.707. The molecule has 0 atom stereocenters. The van der Waals surface area contributed by atoms with Gasteiger partial charge in [-0.1, -0.05) is 37.8 Å². The van der Waals surface area contributed by atoms with E-state index >= 15 is 0 Å². The maximum absolute atomic E-state index is 6.07. The molecule has 0 fully saturated rings. The van der Waals surface area contributed by atoms with E-state index in [-0.39, 0.29) is 0 Å². The lowest BCUT2D eigenvalue weighted by atomic mass is 10.2. The van der Waals surface area contributed by atoms with Crippen molar-refractivity contribution in [3.8, 4) is 0 Å². The number of pyridine rings is 1. The normalized spacial score (nSPS) is 10.9. The second kappa shape index (κ2) is 12.3. The highest BCUT2D eigenvalue weighted by molar-refractivity contribution is 6.31. The smallest absolute Gasteiger partial charge is 0.224 e. The van der Waals surface area contributed by atoms with Crippen molar-refractivity contribution in [2.75, 3.05) is 35.6 Å². The molecule has 3 N–H and O–H groups in total. The van der Waals surface area contributed by atoms with E-state index in [0.717, 1.165) is 67.0 Å². The highest BCUT2D eigenvalue weighted by atomic mass is 35.5. The molecule has 3 rings (SSSR count). The Kier molecular flexibility index (Phi) is 9.16. The lowest BCUT2D eigenvalue weighted by molar-refractivity contribution is 0.683. The number of fused-ring (bicyclic) bond motifs is 1. The van der Waals surface area contributed by atoms with Crippen LogP contribution in [0.2, 0.25) is 5.02 Å². The van der Waals surface area contributed by atoms with E-state index in [4.69, 9.17) is 11.6 Å².